The Kier molecular flexibility index (Phi) is 4.54. The quantitative estimate of drug-likeness (QED) is 0.661. The Labute approximate surface area is 161 Å². The van der Waals surface area contributed by atoms with Gasteiger partial charge in [-0.2, -0.15) is 13.2 Å². The van der Waals surface area contributed by atoms with Gasteiger partial charge in [0.05, 0.1) is 11.3 Å². The van der Waals surface area contributed by atoms with Crippen molar-refractivity contribution in [2.24, 2.45) is 5.92 Å². The fraction of sp³-hybridized carbons (Fsp3) is 0.368. The zero-order valence-corrected chi connectivity index (χ0v) is 15.6. The molecule has 2 unspecified atom stereocenters. The number of fused-ring (bicyclic) bond motifs is 1. The third kappa shape index (κ3) is 3.22. The molecule has 9 heteroatoms. The van der Waals surface area contributed by atoms with Crippen LogP contribution in [0.3, 0.4) is 0 Å². The Morgan fingerprint density at radius 3 is 2.75 bits per heavy atom. The molecule has 28 heavy (non-hydrogen) atoms. The van der Waals surface area contributed by atoms with Crippen LogP contribution in [0, 0.1) is 18.7 Å². The van der Waals surface area contributed by atoms with Gasteiger partial charge in [0.25, 0.3) is 5.56 Å². The highest BCUT2D eigenvalue weighted by Gasteiger charge is 2.41. The number of aromatic nitrogens is 2. The van der Waals surface area contributed by atoms with Crippen molar-refractivity contribution < 1.29 is 22.7 Å². The van der Waals surface area contributed by atoms with Gasteiger partial charge in [0, 0.05) is 35.6 Å². The van der Waals surface area contributed by atoms with Gasteiger partial charge in [0.1, 0.15) is 5.82 Å². The third-order valence-electron chi connectivity index (χ3n) is 5.05. The molecule has 148 valence electrons. The molecule has 0 amide bonds. The average molecular weight is 412 g/mol. The second kappa shape index (κ2) is 6.66. The Balaban J connectivity index is 1.73. The van der Waals surface area contributed by atoms with Crippen molar-refractivity contribution in [1.29, 1.82) is 0 Å². The van der Waals surface area contributed by atoms with Crippen molar-refractivity contribution in [1.82, 2.24) is 9.38 Å². The van der Waals surface area contributed by atoms with Crippen molar-refractivity contribution >= 4 is 16.3 Å². The minimum absolute atomic E-state index is 0.0521. The molecule has 1 aliphatic carbocycles. The molecular weight excluding hydrogens is 396 g/mol. The maximum Gasteiger partial charge on any atom is 0.419 e. The smallest absolute Gasteiger partial charge is 0.396 e. The predicted octanol–water partition coefficient (Wildman–Crippen LogP) is 3.91. The number of nitrogens with zero attached hydrogens (tertiary/aromatic N) is 2. The molecule has 0 bridgehead atoms. The van der Waals surface area contributed by atoms with Crippen molar-refractivity contribution in [3.8, 4) is 0 Å². The van der Waals surface area contributed by atoms with Gasteiger partial charge in [-0.25, -0.2) is 9.37 Å². The van der Waals surface area contributed by atoms with E-state index in [2.05, 4.69) is 4.98 Å². The lowest BCUT2D eigenvalue weighted by Crippen LogP contribution is -2.17. The van der Waals surface area contributed by atoms with Crippen LogP contribution in [0.15, 0.2) is 29.1 Å². The van der Waals surface area contributed by atoms with Crippen LogP contribution < -0.4 is 5.56 Å². The van der Waals surface area contributed by atoms with Crippen LogP contribution in [0.5, 0.6) is 0 Å². The number of hydrogen-bond donors (Lipinski definition) is 1. The van der Waals surface area contributed by atoms with Crippen LogP contribution in [0.25, 0.3) is 4.96 Å². The van der Waals surface area contributed by atoms with E-state index in [1.54, 1.807) is 0 Å². The zero-order chi connectivity index (χ0) is 20.2. The van der Waals surface area contributed by atoms with Crippen LogP contribution in [-0.2, 0) is 12.6 Å². The summed E-state index contributed by atoms with van der Waals surface area (Å²) in [7, 11) is 0. The summed E-state index contributed by atoms with van der Waals surface area (Å²) < 4.78 is 54.5. The second-order valence-corrected chi connectivity index (χ2v) is 8.17. The number of aliphatic hydroxyl groups is 1. The molecule has 1 aromatic carbocycles. The molecule has 2 heterocycles. The number of alkyl halides is 3. The molecule has 4 rings (SSSR count). The Morgan fingerprint density at radius 2 is 2.11 bits per heavy atom. The average Bonchev–Trinajstić information content (AvgIpc) is 3.30. The van der Waals surface area contributed by atoms with Crippen LogP contribution in [-0.4, -0.2) is 21.1 Å². The molecule has 4 nitrogen and oxygen atoms in total. The molecule has 0 spiro atoms. The Bertz CT molecular complexity index is 1120. The largest absolute Gasteiger partial charge is 0.419 e. The number of aryl methyl sites for hydroxylation is 1. The molecule has 2 aromatic heterocycles. The molecule has 3 aromatic rings. The van der Waals surface area contributed by atoms with Crippen molar-refractivity contribution in [2.45, 2.75) is 31.9 Å². The summed E-state index contributed by atoms with van der Waals surface area (Å²) in [6.45, 7) is 1.92. The first-order valence-corrected chi connectivity index (χ1v) is 9.49. The van der Waals surface area contributed by atoms with E-state index in [0.29, 0.717) is 11.0 Å². The Morgan fingerprint density at radius 1 is 1.36 bits per heavy atom. The highest BCUT2D eigenvalue weighted by molar-refractivity contribution is 7.17. The van der Waals surface area contributed by atoms with Gasteiger partial charge in [0.15, 0.2) is 4.96 Å². The Hall–Kier alpha value is -2.26. The molecule has 1 aliphatic rings. The van der Waals surface area contributed by atoms with Crippen molar-refractivity contribution in [2.75, 3.05) is 6.61 Å². The van der Waals surface area contributed by atoms with E-state index in [0.717, 1.165) is 23.1 Å². The van der Waals surface area contributed by atoms with Gasteiger partial charge in [-0.1, -0.05) is 12.1 Å². The summed E-state index contributed by atoms with van der Waals surface area (Å²) >= 11 is 1.31. The van der Waals surface area contributed by atoms with Gasteiger partial charge < -0.3 is 5.11 Å². The molecule has 1 N–H and O–H groups in total. The second-order valence-electron chi connectivity index (χ2n) is 6.99. The summed E-state index contributed by atoms with van der Waals surface area (Å²) in [5.74, 6) is -1.11. The lowest BCUT2D eigenvalue weighted by Gasteiger charge is -2.11. The number of halogens is 4. The number of thiazole rings is 1. The SMILES string of the molecule is Cc1sc2nc(Cc3cccc(C(F)(F)F)c3F)cc(=O)n2c1C1CC1CO. The molecular formula is C19H16F4N2O2S. The van der Waals surface area contributed by atoms with E-state index in [9.17, 15) is 27.5 Å². The highest BCUT2D eigenvalue weighted by Crippen LogP contribution is 2.49. The van der Waals surface area contributed by atoms with E-state index < -0.39 is 17.6 Å². The molecule has 1 fully saturated rings. The van der Waals surface area contributed by atoms with Crippen LogP contribution >= 0.6 is 11.3 Å². The highest BCUT2D eigenvalue weighted by atomic mass is 32.1. The fourth-order valence-electron chi connectivity index (χ4n) is 3.58. The van der Waals surface area contributed by atoms with Crippen LogP contribution in [0.4, 0.5) is 17.6 Å². The van der Waals surface area contributed by atoms with Crippen LogP contribution in [0.1, 0.15) is 39.7 Å². The van der Waals surface area contributed by atoms with Gasteiger partial charge in [-0.05, 0) is 30.9 Å². The topological polar surface area (TPSA) is 54.6 Å². The number of benzene rings is 1. The standard InChI is InChI=1S/C19H16F4N2O2S/c1-9-17(13-6-11(13)8-26)25-15(27)7-12(24-18(25)28-9)5-10-3-2-4-14(16(10)20)19(21,22)23/h2-4,7,11,13,26H,5-6,8H2,1H3. The lowest BCUT2D eigenvalue weighted by molar-refractivity contribution is -0.140. The third-order valence-corrected chi connectivity index (χ3v) is 6.02. The summed E-state index contributed by atoms with van der Waals surface area (Å²) in [6, 6.07) is 4.32. The first-order chi connectivity index (χ1) is 13.2. The maximum absolute atomic E-state index is 14.3. The summed E-state index contributed by atoms with van der Waals surface area (Å²) in [4.78, 5) is 18.4. The molecule has 2 atom stereocenters. The number of hydrogen-bond acceptors (Lipinski definition) is 4. The number of rotatable bonds is 4. The molecule has 0 aliphatic heterocycles. The van der Waals surface area contributed by atoms with Crippen LogP contribution in [0.2, 0.25) is 0 Å². The summed E-state index contributed by atoms with van der Waals surface area (Å²) in [5, 5.41) is 9.31. The summed E-state index contributed by atoms with van der Waals surface area (Å²) in [6.07, 6.45) is -4.20. The normalized spacial score (nSPS) is 19.4. The van der Waals surface area contributed by atoms with E-state index in [4.69, 9.17) is 0 Å². The van der Waals surface area contributed by atoms with Gasteiger partial charge in [-0.3, -0.25) is 9.20 Å². The minimum atomic E-state index is -4.79. The molecule has 0 saturated heterocycles. The van der Waals surface area contributed by atoms with Crippen molar-refractivity contribution in [3.05, 3.63) is 67.8 Å². The predicted molar refractivity (Wildman–Crippen MR) is 96.2 cm³/mol. The first-order valence-electron chi connectivity index (χ1n) is 8.68. The molecule has 0 radical (unpaired) electrons. The number of aliphatic hydroxyl groups excluding tert-OH is 1. The van der Waals surface area contributed by atoms with Gasteiger partial charge in [0.2, 0.25) is 0 Å². The minimum Gasteiger partial charge on any atom is -0.396 e. The van der Waals surface area contributed by atoms with E-state index in [1.165, 1.54) is 27.9 Å². The fourth-order valence-corrected chi connectivity index (χ4v) is 4.64. The van der Waals surface area contributed by atoms with E-state index >= 15 is 0 Å². The van der Waals surface area contributed by atoms with E-state index in [-0.39, 0.29) is 41.7 Å². The zero-order valence-electron chi connectivity index (χ0n) is 14.8. The molecule has 1 saturated carbocycles. The maximum atomic E-state index is 14.3. The summed E-state index contributed by atoms with van der Waals surface area (Å²) in [5.41, 5.74) is -0.808. The van der Waals surface area contributed by atoms with E-state index in [1.807, 2.05) is 6.92 Å². The first kappa shape index (κ1) is 19.1. The van der Waals surface area contributed by atoms with Gasteiger partial charge in [-0.15, -0.1) is 11.3 Å². The lowest BCUT2D eigenvalue weighted by atomic mass is 10.0. The van der Waals surface area contributed by atoms with Crippen molar-refractivity contribution in [3.63, 3.8) is 0 Å². The van der Waals surface area contributed by atoms with Gasteiger partial charge >= 0.3 is 6.18 Å². The monoisotopic (exact) mass is 412 g/mol.